The number of carbonyl (C=O) groups excluding carboxylic acids is 1. The minimum absolute atomic E-state index is 0.0758. The summed E-state index contributed by atoms with van der Waals surface area (Å²) in [6.07, 6.45) is -0.0758. The number of rotatable bonds is 6. The average Bonchev–Trinajstić information content (AvgIpc) is 2.31. The van der Waals surface area contributed by atoms with Crippen LogP contribution < -0.4 is 0 Å². The van der Waals surface area contributed by atoms with Crippen LogP contribution in [0.1, 0.15) is 20.3 Å². The monoisotopic (exact) mass is 241 g/mol. The van der Waals surface area contributed by atoms with Gasteiger partial charge in [-0.05, 0) is 13.8 Å². The maximum atomic E-state index is 11.9. The fraction of sp³-hybridized carbons (Fsp3) is 0.727. The first-order valence-electron chi connectivity index (χ1n) is 5.53. The van der Waals surface area contributed by atoms with Gasteiger partial charge in [-0.2, -0.15) is 5.26 Å². The molecule has 0 aromatic rings. The number of amides is 2. The summed E-state index contributed by atoms with van der Waals surface area (Å²) in [7, 11) is 1.56. The van der Waals surface area contributed by atoms with Gasteiger partial charge in [0.1, 0.15) is 0 Å². The topological polar surface area (TPSA) is 84.6 Å². The van der Waals surface area contributed by atoms with E-state index in [0.717, 1.165) is 0 Å². The Morgan fingerprint density at radius 2 is 2.06 bits per heavy atom. The molecule has 17 heavy (non-hydrogen) atoms. The van der Waals surface area contributed by atoms with Crippen molar-refractivity contribution >= 4 is 12.0 Å². The summed E-state index contributed by atoms with van der Waals surface area (Å²) in [4.78, 5) is 25.2. The van der Waals surface area contributed by atoms with Crippen molar-refractivity contribution in [3.05, 3.63) is 0 Å². The van der Waals surface area contributed by atoms with Gasteiger partial charge in [0.2, 0.25) is 0 Å². The molecule has 1 unspecified atom stereocenters. The van der Waals surface area contributed by atoms with Crippen molar-refractivity contribution in [3.63, 3.8) is 0 Å². The Balaban J connectivity index is 4.33. The van der Waals surface area contributed by atoms with Crippen molar-refractivity contribution in [2.24, 2.45) is 5.92 Å². The van der Waals surface area contributed by atoms with Gasteiger partial charge in [0, 0.05) is 26.7 Å². The van der Waals surface area contributed by atoms with Gasteiger partial charge in [0.25, 0.3) is 0 Å². The van der Waals surface area contributed by atoms with Crippen molar-refractivity contribution in [1.29, 1.82) is 5.26 Å². The van der Waals surface area contributed by atoms with E-state index < -0.39 is 5.97 Å². The molecule has 0 aliphatic rings. The first-order valence-corrected chi connectivity index (χ1v) is 5.53. The third kappa shape index (κ3) is 5.76. The SMILES string of the molecule is CCN(CC(C)C#N)C(=O)N(C)CCC(=O)O. The zero-order chi connectivity index (χ0) is 13.4. The zero-order valence-corrected chi connectivity index (χ0v) is 10.5. The highest BCUT2D eigenvalue weighted by atomic mass is 16.4. The van der Waals surface area contributed by atoms with E-state index >= 15 is 0 Å². The van der Waals surface area contributed by atoms with E-state index in [9.17, 15) is 9.59 Å². The fourth-order valence-electron chi connectivity index (χ4n) is 1.31. The Labute approximate surface area is 101 Å². The van der Waals surface area contributed by atoms with Crippen LogP contribution in [-0.4, -0.2) is 53.6 Å². The Bertz CT molecular complexity index is 312. The number of carboxylic acids is 1. The second kappa shape index (κ2) is 7.49. The van der Waals surface area contributed by atoms with Crippen molar-refractivity contribution in [2.75, 3.05) is 26.7 Å². The number of hydrogen-bond acceptors (Lipinski definition) is 3. The van der Waals surface area contributed by atoms with E-state index in [0.29, 0.717) is 13.1 Å². The molecule has 0 bridgehead atoms. The van der Waals surface area contributed by atoms with Crippen LogP contribution in [0.15, 0.2) is 0 Å². The van der Waals surface area contributed by atoms with Crippen LogP contribution in [0.25, 0.3) is 0 Å². The molecule has 0 aromatic carbocycles. The third-order valence-corrected chi connectivity index (χ3v) is 2.35. The maximum absolute atomic E-state index is 11.9. The Morgan fingerprint density at radius 1 is 1.47 bits per heavy atom. The molecule has 0 spiro atoms. The molecule has 0 saturated heterocycles. The largest absolute Gasteiger partial charge is 0.481 e. The molecule has 1 atom stereocenters. The van der Waals surface area contributed by atoms with Crippen LogP contribution in [-0.2, 0) is 4.79 Å². The maximum Gasteiger partial charge on any atom is 0.319 e. The van der Waals surface area contributed by atoms with E-state index in [4.69, 9.17) is 10.4 Å². The number of aliphatic carboxylic acids is 1. The highest BCUT2D eigenvalue weighted by molar-refractivity contribution is 5.75. The second-order valence-electron chi connectivity index (χ2n) is 3.92. The average molecular weight is 241 g/mol. The number of nitriles is 1. The van der Waals surface area contributed by atoms with Gasteiger partial charge < -0.3 is 14.9 Å². The summed E-state index contributed by atoms with van der Waals surface area (Å²) in [6.45, 7) is 4.61. The third-order valence-electron chi connectivity index (χ3n) is 2.35. The summed E-state index contributed by atoms with van der Waals surface area (Å²) < 4.78 is 0. The van der Waals surface area contributed by atoms with Gasteiger partial charge in [-0.15, -0.1) is 0 Å². The van der Waals surface area contributed by atoms with Gasteiger partial charge >= 0.3 is 12.0 Å². The summed E-state index contributed by atoms with van der Waals surface area (Å²) >= 11 is 0. The lowest BCUT2D eigenvalue weighted by molar-refractivity contribution is -0.137. The van der Waals surface area contributed by atoms with Crippen LogP contribution in [0.5, 0.6) is 0 Å². The highest BCUT2D eigenvalue weighted by Crippen LogP contribution is 2.03. The van der Waals surface area contributed by atoms with Gasteiger partial charge in [-0.25, -0.2) is 4.79 Å². The van der Waals surface area contributed by atoms with E-state index in [1.807, 2.05) is 6.92 Å². The molecule has 0 aliphatic carbocycles. The molecule has 6 heteroatoms. The second-order valence-corrected chi connectivity index (χ2v) is 3.92. The lowest BCUT2D eigenvalue weighted by Crippen LogP contribution is -2.43. The number of urea groups is 1. The number of hydrogen-bond donors (Lipinski definition) is 1. The number of nitrogens with zero attached hydrogens (tertiary/aromatic N) is 3. The van der Waals surface area contributed by atoms with Gasteiger partial charge in [-0.3, -0.25) is 4.79 Å². The van der Waals surface area contributed by atoms with Crippen molar-refractivity contribution in [3.8, 4) is 6.07 Å². The van der Waals surface area contributed by atoms with Crippen LogP contribution in [0.2, 0.25) is 0 Å². The smallest absolute Gasteiger partial charge is 0.319 e. The zero-order valence-electron chi connectivity index (χ0n) is 10.5. The lowest BCUT2D eigenvalue weighted by atomic mass is 10.2. The molecule has 6 nitrogen and oxygen atoms in total. The molecular formula is C11H19N3O3. The molecule has 0 radical (unpaired) electrons. The van der Waals surface area contributed by atoms with Gasteiger partial charge in [0.05, 0.1) is 18.4 Å². The Kier molecular flexibility index (Phi) is 6.71. The van der Waals surface area contributed by atoms with Gasteiger partial charge in [-0.1, -0.05) is 0 Å². The molecule has 96 valence electrons. The molecule has 0 aliphatic heterocycles. The highest BCUT2D eigenvalue weighted by Gasteiger charge is 2.18. The minimum Gasteiger partial charge on any atom is -0.481 e. The van der Waals surface area contributed by atoms with Crippen molar-refractivity contribution in [2.45, 2.75) is 20.3 Å². The van der Waals surface area contributed by atoms with Crippen LogP contribution in [0, 0.1) is 17.2 Å². The fourth-order valence-corrected chi connectivity index (χ4v) is 1.31. The van der Waals surface area contributed by atoms with E-state index in [1.54, 1.807) is 14.0 Å². The first-order chi connectivity index (χ1) is 7.92. The molecular weight excluding hydrogens is 222 g/mol. The van der Waals surface area contributed by atoms with E-state index in [-0.39, 0.29) is 24.9 Å². The van der Waals surface area contributed by atoms with Crippen LogP contribution in [0.4, 0.5) is 4.79 Å². The molecule has 1 N–H and O–H groups in total. The van der Waals surface area contributed by atoms with E-state index in [1.165, 1.54) is 9.80 Å². The standard InChI is InChI=1S/C11H19N3O3/c1-4-14(8-9(2)7-12)11(17)13(3)6-5-10(15)16/h9H,4-6,8H2,1-3H3,(H,15,16). The normalized spacial score (nSPS) is 11.4. The molecule has 0 fully saturated rings. The quantitative estimate of drug-likeness (QED) is 0.751. The number of carbonyl (C=O) groups is 2. The van der Waals surface area contributed by atoms with Crippen molar-refractivity contribution < 1.29 is 14.7 Å². The van der Waals surface area contributed by atoms with E-state index in [2.05, 4.69) is 6.07 Å². The van der Waals surface area contributed by atoms with Crippen molar-refractivity contribution in [1.82, 2.24) is 9.80 Å². The summed E-state index contributed by atoms with van der Waals surface area (Å²) in [5.41, 5.74) is 0. The minimum atomic E-state index is -0.932. The molecule has 0 aromatic heterocycles. The van der Waals surface area contributed by atoms with Gasteiger partial charge in [0.15, 0.2) is 0 Å². The first kappa shape index (κ1) is 15.2. The Morgan fingerprint density at radius 3 is 2.47 bits per heavy atom. The predicted molar refractivity (Wildman–Crippen MR) is 62.3 cm³/mol. The predicted octanol–water partition coefficient (Wildman–Crippen LogP) is 0.994. The Hall–Kier alpha value is -1.77. The summed E-state index contributed by atoms with van der Waals surface area (Å²) in [6, 6.07) is 1.83. The molecule has 2 amide bonds. The summed E-state index contributed by atoms with van der Waals surface area (Å²) in [5, 5.41) is 17.2. The van der Waals surface area contributed by atoms with Crippen LogP contribution in [0.3, 0.4) is 0 Å². The number of carboxylic acid groups (broad SMARTS) is 1. The summed E-state index contributed by atoms with van der Waals surface area (Å²) in [5.74, 6) is -1.16. The molecule has 0 heterocycles. The molecule has 0 rings (SSSR count). The lowest BCUT2D eigenvalue weighted by Gasteiger charge is -2.27. The molecule has 0 saturated carbocycles. The van der Waals surface area contributed by atoms with Crippen LogP contribution >= 0.6 is 0 Å².